The minimum atomic E-state index is -0.0224. The highest BCUT2D eigenvalue weighted by Crippen LogP contribution is 2.20. The van der Waals surface area contributed by atoms with Crippen molar-refractivity contribution in [3.63, 3.8) is 0 Å². The highest BCUT2D eigenvalue weighted by atomic mass is 16.5. The summed E-state index contributed by atoms with van der Waals surface area (Å²) in [6.07, 6.45) is 1.29. The van der Waals surface area contributed by atoms with Crippen LogP contribution < -0.4 is 20.5 Å². The van der Waals surface area contributed by atoms with Gasteiger partial charge in [-0.3, -0.25) is 9.59 Å². The molecule has 3 rings (SSSR count). The van der Waals surface area contributed by atoms with Gasteiger partial charge in [0, 0.05) is 44.2 Å². The number of ether oxygens (including phenoxy) is 1. The summed E-state index contributed by atoms with van der Waals surface area (Å²) < 4.78 is 7.44. The summed E-state index contributed by atoms with van der Waals surface area (Å²) in [7, 11) is 3.58. The molecule has 0 saturated carbocycles. The monoisotopic (exact) mass is 407 g/mol. The highest BCUT2D eigenvalue weighted by molar-refractivity contribution is 5.93. The van der Waals surface area contributed by atoms with Gasteiger partial charge in [-0.2, -0.15) is 0 Å². The van der Waals surface area contributed by atoms with E-state index in [0.717, 1.165) is 40.9 Å². The lowest BCUT2D eigenvalue weighted by molar-refractivity contribution is -0.118. The fraction of sp³-hybridized carbons (Fsp3) is 0.333. The molecule has 0 unspecified atom stereocenters. The van der Waals surface area contributed by atoms with Gasteiger partial charge in [0.05, 0.1) is 12.1 Å². The predicted molar refractivity (Wildman–Crippen MR) is 121 cm³/mol. The molecule has 1 heterocycles. The fourth-order valence-corrected chi connectivity index (χ4v) is 3.40. The Kier molecular flexibility index (Phi) is 7.25. The molecule has 6 heteroatoms. The van der Waals surface area contributed by atoms with Crippen molar-refractivity contribution in [3.05, 3.63) is 70.5 Å². The number of carbonyl (C=O) groups is 1. The van der Waals surface area contributed by atoms with Crippen molar-refractivity contribution in [2.75, 3.05) is 31.6 Å². The van der Waals surface area contributed by atoms with Crippen LogP contribution in [0, 0.1) is 6.92 Å². The first-order chi connectivity index (χ1) is 14.5. The molecule has 0 fully saturated rings. The number of anilines is 1. The maximum absolute atomic E-state index is 12.4. The third kappa shape index (κ3) is 5.27. The van der Waals surface area contributed by atoms with Gasteiger partial charge in [-0.1, -0.05) is 18.2 Å². The average Bonchev–Trinajstić information content (AvgIpc) is 2.75. The Morgan fingerprint density at radius 2 is 1.90 bits per heavy atom. The van der Waals surface area contributed by atoms with Crippen LogP contribution in [0.3, 0.4) is 0 Å². The van der Waals surface area contributed by atoms with Crippen molar-refractivity contribution in [3.8, 4) is 5.75 Å². The number of rotatable bonds is 9. The molecule has 1 N–H and O–H groups in total. The Bertz CT molecular complexity index is 1070. The zero-order chi connectivity index (χ0) is 21.5. The molecule has 1 aromatic heterocycles. The third-order valence-corrected chi connectivity index (χ3v) is 5.23. The number of nitrogens with one attached hydrogen (secondary N) is 1. The summed E-state index contributed by atoms with van der Waals surface area (Å²) in [6.45, 7) is 4.01. The van der Waals surface area contributed by atoms with Crippen molar-refractivity contribution in [2.24, 2.45) is 7.05 Å². The molecule has 30 heavy (non-hydrogen) atoms. The second kappa shape index (κ2) is 10.1. The molecule has 0 radical (unpaired) electrons. The average molecular weight is 408 g/mol. The third-order valence-electron chi connectivity index (χ3n) is 5.23. The Labute approximate surface area is 177 Å². The van der Waals surface area contributed by atoms with Gasteiger partial charge in [0.25, 0.3) is 5.56 Å². The summed E-state index contributed by atoms with van der Waals surface area (Å²) in [5, 5.41) is 4.28. The molecule has 6 nitrogen and oxygen atoms in total. The summed E-state index contributed by atoms with van der Waals surface area (Å²) in [4.78, 5) is 25.8. The van der Waals surface area contributed by atoms with Crippen molar-refractivity contribution in [1.82, 2.24) is 9.88 Å². The van der Waals surface area contributed by atoms with Gasteiger partial charge in [-0.05, 0) is 55.8 Å². The molecule has 1 amide bonds. The Balaban J connectivity index is 1.36. The first kappa shape index (κ1) is 21.6. The number of hydrogen-bond donors (Lipinski definition) is 1. The molecular weight excluding hydrogens is 378 g/mol. The number of aryl methyl sites for hydroxylation is 2. The van der Waals surface area contributed by atoms with Gasteiger partial charge in [-0.25, -0.2) is 0 Å². The number of amides is 1. The number of pyridine rings is 1. The first-order valence-corrected chi connectivity index (χ1v) is 10.2. The molecule has 0 spiro atoms. The number of para-hydroxylation sites is 1. The van der Waals surface area contributed by atoms with E-state index in [4.69, 9.17) is 4.74 Å². The second-order valence-corrected chi connectivity index (χ2v) is 7.39. The topological polar surface area (TPSA) is 63.6 Å². The molecule has 2 aromatic carbocycles. The maximum Gasteiger partial charge on any atom is 0.250 e. The molecule has 0 atom stereocenters. The highest BCUT2D eigenvalue weighted by Gasteiger charge is 2.11. The van der Waals surface area contributed by atoms with Gasteiger partial charge in [0.1, 0.15) is 5.75 Å². The molecule has 3 aromatic rings. The number of fused-ring (bicyclic) bond motifs is 1. The number of nitrogens with zero attached hydrogens (tertiary/aromatic N) is 2. The van der Waals surface area contributed by atoms with Crippen LogP contribution in [0.4, 0.5) is 5.69 Å². The Hall–Kier alpha value is -3.12. The summed E-state index contributed by atoms with van der Waals surface area (Å²) in [5.74, 6) is 0.884. The zero-order valence-corrected chi connectivity index (χ0v) is 17.9. The van der Waals surface area contributed by atoms with E-state index in [1.54, 1.807) is 22.6 Å². The van der Waals surface area contributed by atoms with Crippen LogP contribution in [-0.4, -0.2) is 37.2 Å². The quantitative estimate of drug-likeness (QED) is 0.553. The standard InChI is InChI=1S/C24H29N3O3/c1-18-7-4-5-8-21(18)26(2)24(29)13-15-25-14-6-16-30-20-10-11-22-19(17-20)9-12-23(28)27(22)3/h4-5,7-12,17,25H,6,13-16H2,1-3H3. The van der Waals surface area contributed by atoms with Gasteiger partial charge >= 0.3 is 0 Å². The fourth-order valence-electron chi connectivity index (χ4n) is 3.40. The number of carbonyl (C=O) groups excluding carboxylic acids is 1. The minimum absolute atomic E-state index is 0.0224. The largest absolute Gasteiger partial charge is 0.494 e. The normalized spacial score (nSPS) is 10.9. The minimum Gasteiger partial charge on any atom is -0.494 e. The molecular formula is C24H29N3O3. The SMILES string of the molecule is Cc1ccccc1N(C)C(=O)CCNCCCOc1ccc2c(ccc(=O)n2C)c1. The van der Waals surface area contributed by atoms with E-state index in [2.05, 4.69) is 5.32 Å². The molecule has 158 valence electrons. The molecule has 0 aliphatic heterocycles. The van der Waals surface area contributed by atoms with Crippen molar-refractivity contribution >= 4 is 22.5 Å². The van der Waals surface area contributed by atoms with Crippen LogP contribution >= 0.6 is 0 Å². The van der Waals surface area contributed by atoms with Gasteiger partial charge in [0.15, 0.2) is 0 Å². The first-order valence-electron chi connectivity index (χ1n) is 10.2. The molecule has 0 saturated heterocycles. The van der Waals surface area contributed by atoms with Gasteiger partial charge in [0.2, 0.25) is 5.91 Å². The van der Waals surface area contributed by atoms with Crippen molar-refractivity contribution in [2.45, 2.75) is 19.8 Å². The van der Waals surface area contributed by atoms with Crippen molar-refractivity contribution in [1.29, 1.82) is 0 Å². The van der Waals surface area contributed by atoms with E-state index >= 15 is 0 Å². The zero-order valence-electron chi connectivity index (χ0n) is 17.9. The lowest BCUT2D eigenvalue weighted by atomic mass is 10.2. The van der Waals surface area contributed by atoms with Gasteiger partial charge < -0.3 is 19.5 Å². The van der Waals surface area contributed by atoms with Crippen LogP contribution in [-0.2, 0) is 11.8 Å². The molecule has 0 aliphatic carbocycles. The van der Waals surface area contributed by atoms with Crippen LogP contribution in [0.25, 0.3) is 10.9 Å². The van der Waals surface area contributed by atoms with E-state index < -0.39 is 0 Å². The Morgan fingerprint density at radius 3 is 2.70 bits per heavy atom. The summed E-state index contributed by atoms with van der Waals surface area (Å²) in [6, 6.07) is 17.0. The summed E-state index contributed by atoms with van der Waals surface area (Å²) in [5.41, 5.74) is 2.91. The summed E-state index contributed by atoms with van der Waals surface area (Å²) >= 11 is 0. The second-order valence-electron chi connectivity index (χ2n) is 7.39. The van der Waals surface area contributed by atoms with E-state index in [-0.39, 0.29) is 11.5 Å². The predicted octanol–water partition coefficient (Wildman–Crippen LogP) is 3.26. The van der Waals surface area contributed by atoms with Crippen LogP contribution in [0.1, 0.15) is 18.4 Å². The van der Waals surface area contributed by atoms with E-state index in [0.29, 0.717) is 19.6 Å². The van der Waals surface area contributed by atoms with E-state index in [1.807, 2.05) is 62.5 Å². The van der Waals surface area contributed by atoms with Gasteiger partial charge in [-0.15, -0.1) is 0 Å². The van der Waals surface area contributed by atoms with Crippen LogP contribution in [0.2, 0.25) is 0 Å². The molecule has 0 aliphatic rings. The van der Waals surface area contributed by atoms with E-state index in [1.165, 1.54) is 0 Å². The van der Waals surface area contributed by atoms with E-state index in [9.17, 15) is 9.59 Å². The molecule has 0 bridgehead atoms. The lowest BCUT2D eigenvalue weighted by Crippen LogP contribution is -2.30. The number of hydrogen-bond acceptors (Lipinski definition) is 4. The van der Waals surface area contributed by atoms with Crippen LogP contribution in [0.5, 0.6) is 5.75 Å². The van der Waals surface area contributed by atoms with Crippen LogP contribution in [0.15, 0.2) is 59.4 Å². The lowest BCUT2D eigenvalue weighted by Gasteiger charge is -2.19. The Morgan fingerprint density at radius 1 is 1.10 bits per heavy atom. The smallest absolute Gasteiger partial charge is 0.250 e. The number of benzene rings is 2. The van der Waals surface area contributed by atoms with Crippen molar-refractivity contribution < 1.29 is 9.53 Å². The number of aromatic nitrogens is 1. The maximum atomic E-state index is 12.4.